The number of benzene rings is 1. The summed E-state index contributed by atoms with van der Waals surface area (Å²) < 4.78 is 2.20. The monoisotopic (exact) mass is 354 g/mol. The molecule has 0 atom stereocenters. The first-order chi connectivity index (χ1) is 12.5. The van der Waals surface area contributed by atoms with Crippen molar-refractivity contribution in [2.75, 3.05) is 19.6 Å². The summed E-state index contributed by atoms with van der Waals surface area (Å²) in [5, 5.41) is 8.79. The Bertz CT molecular complexity index is 828. The number of hydroxylamine groups is 1. The largest absolute Gasteiger partial charge is 0.327 e. The Morgan fingerprint density at radius 2 is 2.15 bits per heavy atom. The smallest absolute Gasteiger partial charge is 0.274 e. The summed E-state index contributed by atoms with van der Waals surface area (Å²) in [4.78, 5) is 18.7. The van der Waals surface area contributed by atoms with Crippen molar-refractivity contribution in [2.24, 2.45) is 0 Å². The first-order valence-electron chi connectivity index (χ1n) is 8.84. The van der Waals surface area contributed by atoms with Gasteiger partial charge in [-0.15, -0.1) is 12.3 Å². The molecule has 1 aromatic carbocycles. The van der Waals surface area contributed by atoms with Crippen LogP contribution in [-0.2, 0) is 17.8 Å². The second-order valence-corrected chi connectivity index (χ2v) is 6.03. The van der Waals surface area contributed by atoms with E-state index in [0.29, 0.717) is 18.4 Å². The van der Waals surface area contributed by atoms with Crippen LogP contribution in [0.4, 0.5) is 0 Å². The SMILES string of the molecule is C#CCCc1nc2cc(C(=C)C(=O)NO)ccc2n1CCN(CC)CC. The van der Waals surface area contributed by atoms with E-state index in [9.17, 15) is 4.79 Å². The maximum Gasteiger partial charge on any atom is 0.274 e. The van der Waals surface area contributed by atoms with Gasteiger partial charge < -0.3 is 9.47 Å². The number of aromatic nitrogens is 2. The van der Waals surface area contributed by atoms with Crippen molar-refractivity contribution in [3.05, 3.63) is 36.2 Å². The van der Waals surface area contributed by atoms with Crippen molar-refractivity contribution in [3.63, 3.8) is 0 Å². The lowest BCUT2D eigenvalue weighted by Gasteiger charge is -2.19. The average Bonchev–Trinajstić information content (AvgIpc) is 3.02. The zero-order valence-electron chi connectivity index (χ0n) is 15.5. The third-order valence-electron chi connectivity index (χ3n) is 4.58. The summed E-state index contributed by atoms with van der Waals surface area (Å²) in [6, 6.07) is 5.58. The highest BCUT2D eigenvalue weighted by molar-refractivity contribution is 6.18. The lowest BCUT2D eigenvalue weighted by atomic mass is 10.1. The number of rotatable bonds is 9. The minimum Gasteiger partial charge on any atom is -0.327 e. The molecule has 0 aliphatic carbocycles. The normalized spacial score (nSPS) is 10.9. The molecule has 6 heteroatoms. The van der Waals surface area contributed by atoms with E-state index in [-0.39, 0.29) is 5.57 Å². The number of nitrogens with zero attached hydrogens (tertiary/aromatic N) is 3. The summed E-state index contributed by atoms with van der Waals surface area (Å²) in [5.41, 5.74) is 4.22. The highest BCUT2D eigenvalue weighted by atomic mass is 16.5. The lowest BCUT2D eigenvalue weighted by molar-refractivity contribution is -0.123. The predicted octanol–water partition coefficient (Wildman–Crippen LogP) is 2.46. The minimum absolute atomic E-state index is 0.192. The maximum atomic E-state index is 11.6. The van der Waals surface area contributed by atoms with Crippen LogP contribution in [0.25, 0.3) is 16.6 Å². The van der Waals surface area contributed by atoms with E-state index in [1.54, 1.807) is 5.48 Å². The quantitative estimate of drug-likeness (QED) is 0.314. The van der Waals surface area contributed by atoms with Crippen molar-refractivity contribution in [1.29, 1.82) is 0 Å². The number of likely N-dealkylation sites (N-methyl/N-ethyl adjacent to an activating group) is 1. The fourth-order valence-corrected chi connectivity index (χ4v) is 2.97. The molecule has 6 nitrogen and oxygen atoms in total. The van der Waals surface area contributed by atoms with Gasteiger partial charge in [-0.25, -0.2) is 10.5 Å². The Morgan fingerprint density at radius 1 is 1.42 bits per heavy atom. The van der Waals surface area contributed by atoms with Gasteiger partial charge in [0.1, 0.15) is 5.82 Å². The first-order valence-corrected chi connectivity index (χ1v) is 8.84. The Kier molecular flexibility index (Phi) is 6.96. The zero-order valence-corrected chi connectivity index (χ0v) is 15.5. The number of amides is 1. The molecule has 26 heavy (non-hydrogen) atoms. The molecule has 0 bridgehead atoms. The van der Waals surface area contributed by atoms with Crippen LogP contribution in [0, 0.1) is 12.3 Å². The second kappa shape index (κ2) is 9.18. The van der Waals surface area contributed by atoms with Crippen molar-refractivity contribution < 1.29 is 10.0 Å². The van der Waals surface area contributed by atoms with Crippen LogP contribution in [-0.4, -0.2) is 45.2 Å². The molecule has 0 saturated carbocycles. The van der Waals surface area contributed by atoms with Gasteiger partial charge in [-0.05, 0) is 30.8 Å². The van der Waals surface area contributed by atoms with Gasteiger partial charge in [0.25, 0.3) is 5.91 Å². The number of fused-ring (bicyclic) bond motifs is 1. The van der Waals surface area contributed by atoms with E-state index in [1.807, 2.05) is 18.2 Å². The molecular weight excluding hydrogens is 328 g/mol. The number of imidazole rings is 1. The molecule has 0 aliphatic rings. The number of carbonyl (C=O) groups is 1. The van der Waals surface area contributed by atoms with Crippen LogP contribution in [0.2, 0.25) is 0 Å². The van der Waals surface area contributed by atoms with Crippen LogP contribution >= 0.6 is 0 Å². The highest BCUT2D eigenvalue weighted by Crippen LogP contribution is 2.22. The van der Waals surface area contributed by atoms with Gasteiger partial charge in [-0.2, -0.15) is 0 Å². The van der Waals surface area contributed by atoms with Gasteiger partial charge >= 0.3 is 0 Å². The highest BCUT2D eigenvalue weighted by Gasteiger charge is 2.14. The fourth-order valence-electron chi connectivity index (χ4n) is 2.97. The number of hydrogen-bond donors (Lipinski definition) is 2. The lowest BCUT2D eigenvalue weighted by Crippen LogP contribution is -2.27. The third-order valence-corrected chi connectivity index (χ3v) is 4.58. The van der Waals surface area contributed by atoms with E-state index in [2.05, 4.69) is 35.8 Å². The summed E-state index contributed by atoms with van der Waals surface area (Å²) in [6.45, 7) is 11.8. The van der Waals surface area contributed by atoms with E-state index in [4.69, 9.17) is 16.6 Å². The van der Waals surface area contributed by atoms with Crippen molar-refractivity contribution in [2.45, 2.75) is 33.2 Å². The van der Waals surface area contributed by atoms with Crippen LogP contribution < -0.4 is 5.48 Å². The van der Waals surface area contributed by atoms with Gasteiger partial charge in [0, 0.05) is 31.5 Å². The van der Waals surface area contributed by atoms with E-state index >= 15 is 0 Å². The molecule has 0 unspecified atom stereocenters. The van der Waals surface area contributed by atoms with Crippen molar-refractivity contribution >= 4 is 22.5 Å². The molecule has 0 radical (unpaired) electrons. The second-order valence-electron chi connectivity index (χ2n) is 6.03. The van der Waals surface area contributed by atoms with Gasteiger partial charge in [0.05, 0.1) is 11.0 Å². The van der Waals surface area contributed by atoms with Gasteiger partial charge in [-0.1, -0.05) is 26.5 Å². The van der Waals surface area contributed by atoms with E-state index in [0.717, 1.165) is 43.0 Å². The van der Waals surface area contributed by atoms with Crippen LogP contribution in [0.3, 0.4) is 0 Å². The minimum atomic E-state index is -0.627. The number of nitrogens with one attached hydrogen (secondary N) is 1. The van der Waals surface area contributed by atoms with E-state index in [1.165, 1.54) is 0 Å². The Hall–Kier alpha value is -2.62. The molecule has 1 amide bonds. The molecule has 0 fully saturated rings. The predicted molar refractivity (Wildman–Crippen MR) is 104 cm³/mol. The molecular formula is C20H26N4O2. The zero-order chi connectivity index (χ0) is 19.1. The molecule has 1 aromatic heterocycles. The molecule has 2 aromatic rings. The average molecular weight is 354 g/mol. The third kappa shape index (κ3) is 4.31. The van der Waals surface area contributed by atoms with Gasteiger partial charge in [0.2, 0.25) is 0 Å². The summed E-state index contributed by atoms with van der Waals surface area (Å²) in [5.74, 6) is 2.99. The molecule has 1 heterocycles. The summed E-state index contributed by atoms with van der Waals surface area (Å²) in [6.07, 6.45) is 6.75. The maximum absolute atomic E-state index is 11.6. The van der Waals surface area contributed by atoms with Crippen LogP contribution in [0.5, 0.6) is 0 Å². The number of hydrogen-bond acceptors (Lipinski definition) is 4. The van der Waals surface area contributed by atoms with Gasteiger partial charge in [0.15, 0.2) is 0 Å². The van der Waals surface area contributed by atoms with Crippen LogP contribution in [0.15, 0.2) is 24.8 Å². The standard InChI is InChI=1S/C20H26N4O2/c1-5-8-9-19-21-17-14-16(15(4)20(25)22-26)10-11-18(17)24(19)13-12-23(6-2)7-3/h1,10-11,14,26H,4,6-9,12-13H2,2-3H3,(H,22,25). The number of terminal acetylenes is 1. The first kappa shape index (κ1) is 19.7. The van der Waals surface area contributed by atoms with E-state index < -0.39 is 5.91 Å². The summed E-state index contributed by atoms with van der Waals surface area (Å²) in [7, 11) is 0. The van der Waals surface area contributed by atoms with Crippen molar-refractivity contribution in [1.82, 2.24) is 19.9 Å². The fraction of sp³-hybridized carbons (Fsp3) is 0.400. The molecule has 2 N–H and O–H groups in total. The Balaban J connectivity index is 2.39. The van der Waals surface area contributed by atoms with Crippen LogP contribution in [0.1, 0.15) is 31.7 Å². The van der Waals surface area contributed by atoms with Crippen molar-refractivity contribution in [3.8, 4) is 12.3 Å². The summed E-state index contributed by atoms with van der Waals surface area (Å²) >= 11 is 0. The molecule has 2 rings (SSSR count). The molecule has 0 aliphatic heterocycles. The molecule has 0 spiro atoms. The number of carbonyl (C=O) groups excluding carboxylic acids is 1. The Labute approximate surface area is 154 Å². The topological polar surface area (TPSA) is 70.4 Å². The number of aryl methyl sites for hydroxylation is 1. The van der Waals surface area contributed by atoms with Gasteiger partial charge in [-0.3, -0.25) is 10.0 Å². The molecule has 0 saturated heterocycles. The Morgan fingerprint density at radius 3 is 2.77 bits per heavy atom. The molecule has 138 valence electrons.